The fraction of sp³-hybridized carbons (Fsp3) is 0.545. The minimum absolute atomic E-state index is 0.255. The Labute approximate surface area is 89.9 Å². The topological polar surface area (TPSA) is 16.1 Å². The Hall–Kier alpha value is -0.760. The molecule has 0 aromatic carbocycles. The van der Waals surface area contributed by atoms with Crippen LogP contribution in [0.5, 0.6) is 0 Å². The average molecular weight is 211 g/mol. The van der Waals surface area contributed by atoms with Crippen molar-refractivity contribution in [1.82, 2.24) is 4.98 Å². The molecule has 1 fully saturated rings. The van der Waals surface area contributed by atoms with Crippen molar-refractivity contribution < 1.29 is 0 Å². The molecule has 2 rings (SSSR count). The zero-order valence-corrected chi connectivity index (χ0v) is 9.11. The van der Waals surface area contributed by atoms with Crippen molar-refractivity contribution >= 4 is 17.4 Å². The van der Waals surface area contributed by atoms with Crippen LogP contribution in [0.15, 0.2) is 24.4 Å². The molecule has 1 aromatic rings. The van der Waals surface area contributed by atoms with Gasteiger partial charge in [0.15, 0.2) is 0 Å². The Morgan fingerprint density at radius 1 is 1.50 bits per heavy atom. The molecule has 1 aromatic heterocycles. The number of aromatic nitrogens is 1. The van der Waals surface area contributed by atoms with E-state index in [1.807, 2.05) is 24.4 Å². The maximum absolute atomic E-state index is 6.24. The van der Waals surface area contributed by atoms with Gasteiger partial charge in [0, 0.05) is 19.3 Å². The maximum atomic E-state index is 6.24. The molecule has 0 N–H and O–H groups in total. The second kappa shape index (κ2) is 4.18. The summed E-state index contributed by atoms with van der Waals surface area (Å²) in [6.07, 6.45) is 2.99. The number of hydrogen-bond acceptors (Lipinski definition) is 2. The van der Waals surface area contributed by atoms with Crippen LogP contribution in [0.3, 0.4) is 0 Å². The highest BCUT2D eigenvalue weighted by atomic mass is 35.5. The molecule has 1 saturated heterocycles. The summed E-state index contributed by atoms with van der Waals surface area (Å²) >= 11 is 6.24. The standard InChI is InChI=1S/C11H15ClN2/c1-9-5-7-14(8-10(9)12)11-4-2-3-6-13-11/h2-4,6,9-10H,5,7-8H2,1H3. The van der Waals surface area contributed by atoms with E-state index in [9.17, 15) is 0 Å². The van der Waals surface area contributed by atoms with Gasteiger partial charge < -0.3 is 4.90 Å². The van der Waals surface area contributed by atoms with E-state index in [0.717, 1.165) is 25.3 Å². The summed E-state index contributed by atoms with van der Waals surface area (Å²) in [6.45, 7) is 4.20. The number of halogens is 1. The summed E-state index contributed by atoms with van der Waals surface area (Å²) in [4.78, 5) is 6.59. The second-order valence-electron chi connectivity index (χ2n) is 3.92. The Morgan fingerprint density at radius 3 is 3.00 bits per heavy atom. The summed E-state index contributed by atoms with van der Waals surface area (Å²) in [7, 11) is 0. The van der Waals surface area contributed by atoms with Crippen LogP contribution in [0.4, 0.5) is 5.82 Å². The summed E-state index contributed by atoms with van der Waals surface area (Å²) in [6, 6.07) is 6.00. The van der Waals surface area contributed by atoms with Crippen molar-refractivity contribution in [2.24, 2.45) is 5.92 Å². The Kier molecular flexibility index (Phi) is 2.92. The van der Waals surface area contributed by atoms with E-state index in [1.165, 1.54) is 0 Å². The molecule has 0 radical (unpaired) electrons. The summed E-state index contributed by atoms with van der Waals surface area (Å²) < 4.78 is 0. The van der Waals surface area contributed by atoms with Crippen LogP contribution >= 0.6 is 11.6 Å². The molecular formula is C11H15ClN2. The van der Waals surface area contributed by atoms with E-state index < -0.39 is 0 Å². The molecule has 0 bridgehead atoms. The lowest BCUT2D eigenvalue weighted by Gasteiger charge is -2.34. The zero-order chi connectivity index (χ0) is 9.97. The Bertz CT molecular complexity index is 289. The monoisotopic (exact) mass is 210 g/mol. The molecule has 14 heavy (non-hydrogen) atoms. The van der Waals surface area contributed by atoms with E-state index in [-0.39, 0.29) is 5.38 Å². The first-order chi connectivity index (χ1) is 6.77. The highest BCUT2D eigenvalue weighted by Crippen LogP contribution is 2.24. The first-order valence-electron chi connectivity index (χ1n) is 5.07. The molecule has 76 valence electrons. The number of nitrogens with zero attached hydrogens (tertiary/aromatic N) is 2. The van der Waals surface area contributed by atoms with Gasteiger partial charge in [-0.25, -0.2) is 4.98 Å². The molecule has 0 spiro atoms. The van der Waals surface area contributed by atoms with Gasteiger partial charge in [0.25, 0.3) is 0 Å². The van der Waals surface area contributed by atoms with Gasteiger partial charge in [-0.15, -0.1) is 11.6 Å². The van der Waals surface area contributed by atoms with E-state index in [4.69, 9.17) is 11.6 Å². The van der Waals surface area contributed by atoms with Gasteiger partial charge in [0.05, 0.1) is 5.38 Å². The number of alkyl halides is 1. The van der Waals surface area contributed by atoms with Gasteiger partial charge in [-0.2, -0.15) is 0 Å². The van der Waals surface area contributed by atoms with Crippen molar-refractivity contribution in [2.75, 3.05) is 18.0 Å². The molecule has 2 unspecified atom stereocenters. The predicted octanol–water partition coefficient (Wildman–Crippen LogP) is 2.54. The minimum atomic E-state index is 0.255. The van der Waals surface area contributed by atoms with Gasteiger partial charge >= 0.3 is 0 Å². The van der Waals surface area contributed by atoms with Crippen LogP contribution < -0.4 is 4.90 Å². The average Bonchev–Trinajstić information content (AvgIpc) is 2.23. The highest BCUT2D eigenvalue weighted by molar-refractivity contribution is 6.21. The van der Waals surface area contributed by atoms with E-state index in [1.54, 1.807) is 0 Å². The molecule has 1 aliphatic rings. The molecule has 3 heteroatoms. The number of rotatable bonds is 1. The van der Waals surface area contributed by atoms with Gasteiger partial charge in [0.1, 0.15) is 5.82 Å². The third-order valence-electron chi connectivity index (χ3n) is 2.84. The summed E-state index contributed by atoms with van der Waals surface area (Å²) in [5.74, 6) is 1.67. The normalized spacial score (nSPS) is 27.7. The van der Waals surface area contributed by atoms with Crippen molar-refractivity contribution in [3.8, 4) is 0 Å². The zero-order valence-electron chi connectivity index (χ0n) is 8.36. The van der Waals surface area contributed by atoms with Crippen LogP contribution in [0.25, 0.3) is 0 Å². The fourth-order valence-electron chi connectivity index (χ4n) is 1.77. The second-order valence-corrected chi connectivity index (χ2v) is 4.48. The van der Waals surface area contributed by atoms with Crippen molar-refractivity contribution in [3.05, 3.63) is 24.4 Å². The van der Waals surface area contributed by atoms with Crippen molar-refractivity contribution in [3.63, 3.8) is 0 Å². The van der Waals surface area contributed by atoms with Gasteiger partial charge in [-0.1, -0.05) is 13.0 Å². The summed E-state index contributed by atoms with van der Waals surface area (Å²) in [5, 5.41) is 0.255. The fourth-order valence-corrected chi connectivity index (χ4v) is 2.06. The van der Waals surface area contributed by atoms with Gasteiger partial charge in [-0.3, -0.25) is 0 Å². The number of piperidine rings is 1. The SMILES string of the molecule is CC1CCN(c2ccccn2)CC1Cl. The van der Waals surface area contributed by atoms with Gasteiger partial charge in [-0.05, 0) is 24.5 Å². The minimum Gasteiger partial charge on any atom is -0.355 e. The highest BCUT2D eigenvalue weighted by Gasteiger charge is 2.24. The molecular weight excluding hydrogens is 196 g/mol. The smallest absolute Gasteiger partial charge is 0.128 e. The molecule has 0 amide bonds. The molecule has 2 atom stereocenters. The van der Waals surface area contributed by atoms with Crippen molar-refractivity contribution in [1.29, 1.82) is 0 Å². The van der Waals surface area contributed by atoms with E-state index >= 15 is 0 Å². The lowest BCUT2D eigenvalue weighted by atomic mass is 9.99. The van der Waals surface area contributed by atoms with E-state index in [0.29, 0.717) is 5.92 Å². The molecule has 1 aliphatic heterocycles. The van der Waals surface area contributed by atoms with Crippen LogP contribution in [0.2, 0.25) is 0 Å². The van der Waals surface area contributed by atoms with Crippen LogP contribution in [0.1, 0.15) is 13.3 Å². The number of pyridine rings is 1. The lowest BCUT2D eigenvalue weighted by molar-refractivity contribution is 0.444. The van der Waals surface area contributed by atoms with Crippen LogP contribution in [0, 0.1) is 5.92 Å². The lowest BCUT2D eigenvalue weighted by Crippen LogP contribution is -2.40. The van der Waals surface area contributed by atoms with Crippen molar-refractivity contribution in [2.45, 2.75) is 18.7 Å². The van der Waals surface area contributed by atoms with Gasteiger partial charge in [0.2, 0.25) is 0 Å². The molecule has 2 nitrogen and oxygen atoms in total. The van der Waals surface area contributed by atoms with Crippen LogP contribution in [-0.4, -0.2) is 23.5 Å². The molecule has 0 saturated carbocycles. The Morgan fingerprint density at radius 2 is 2.36 bits per heavy atom. The summed E-state index contributed by atoms with van der Waals surface area (Å²) in [5.41, 5.74) is 0. The number of anilines is 1. The maximum Gasteiger partial charge on any atom is 0.128 e. The quantitative estimate of drug-likeness (QED) is 0.663. The van der Waals surface area contributed by atoms with E-state index in [2.05, 4.69) is 16.8 Å². The predicted molar refractivity (Wildman–Crippen MR) is 59.9 cm³/mol. The third-order valence-corrected chi connectivity index (χ3v) is 3.41. The molecule has 2 heterocycles. The molecule has 0 aliphatic carbocycles. The van der Waals surface area contributed by atoms with Crippen LogP contribution in [-0.2, 0) is 0 Å². The first-order valence-corrected chi connectivity index (χ1v) is 5.51. The third kappa shape index (κ3) is 2.01. The first kappa shape index (κ1) is 9.78. The largest absolute Gasteiger partial charge is 0.355 e. The number of hydrogen-bond donors (Lipinski definition) is 0. The Balaban J connectivity index is 2.07.